The lowest BCUT2D eigenvalue weighted by Gasteiger charge is -2.00. The predicted molar refractivity (Wildman–Crippen MR) is 30.8 cm³/mol. The van der Waals surface area contributed by atoms with Gasteiger partial charge in [0.2, 0.25) is 6.29 Å². The van der Waals surface area contributed by atoms with Gasteiger partial charge in [0.1, 0.15) is 0 Å². The monoisotopic (exact) mass is 147 g/mol. The minimum atomic E-state index is -0.851. The number of hydrogen-bond acceptors (Lipinski definition) is 4. The second-order valence-corrected chi connectivity index (χ2v) is 2.16. The molecule has 58 valence electrons. The number of carboxylic acids is 1. The largest absolute Gasteiger partial charge is 0.481 e. The van der Waals surface area contributed by atoms with Crippen LogP contribution in [0.3, 0.4) is 0 Å². The van der Waals surface area contributed by atoms with Crippen molar-refractivity contribution in [1.82, 2.24) is 0 Å². The summed E-state index contributed by atoms with van der Waals surface area (Å²) in [5.41, 5.74) is 5.41. The zero-order chi connectivity index (χ0) is 7.56. The molecule has 0 unspecified atom stereocenters. The van der Waals surface area contributed by atoms with E-state index in [4.69, 9.17) is 10.8 Å². The second kappa shape index (κ2) is 2.96. The molecule has 0 aromatic carbocycles. The Morgan fingerprint density at radius 2 is 2.30 bits per heavy atom. The summed E-state index contributed by atoms with van der Waals surface area (Å²) in [5, 5.41) is 8.23. The first-order valence-corrected chi connectivity index (χ1v) is 2.99. The maximum Gasteiger partial charge on any atom is 0.303 e. The normalized spacial score (nSPS) is 20.5. The number of hydrogen-bond donors (Lipinski definition) is 2. The molecule has 0 aromatic rings. The van der Waals surface area contributed by atoms with Crippen molar-refractivity contribution in [2.24, 2.45) is 5.73 Å². The van der Waals surface area contributed by atoms with E-state index in [2.05, 4.69) is 9.78 Å². The summed E-state index contributed by atoms with van der Waals surface area (Å²) < 4.78 is 0. The molecule has 0 saturated carbocycles. The van der Waals surface area contributed by atoms with Crippen LogP contribution in [0.25, 0.3) is 0 Å². The minimum Gasteiger partial charge on any atom is -0.481 e. The fourth-order valence-electron chi connectivity index (χ4n) is 0.601. The minimum absolute atomic E-state index is 0.0599. The van der Waals surface area contributed by atoms with Gasteiger partial charge in [0.25, 0.3) is 0 Å². The van der Waals surface area contributed by atoms with Crippen molar-refractivity contribution >= 4 is 5.97 Å². The van der Waals surface area contributed by atoms with Gasteiger partial charge >= 0.3 is 5.97 Å². The highest BCUT2D eigenvalue weighted by atomic mass is 17.4. The molecule has 0 aromatic heterocycles. The third-order valence-electron chi connectivity index (χ3n) is 1.25. The molecule has 0 bridgehead atoms. The van der Waals surface area contributed by atoms with Gasteiger partial charge in [0, 0.05) is 6.42 Å². The van der Waals surface area contributed by atoms with E-state index in [-0.39, 0.29) is 18.8 Å². The van der Waals surface area contributed by atoms with Crippen LogP contribution in [0.5, 0.6) is 0 Å². The zero-order valence-electron chi connectivity index (χ0n) is 5.32. The van der Waals surface area contributed by atoms with Gasteiger partial charge in [-0.25, -0.2) is 0 Å². The number of carboxylic acid groups (broad SMARTS) is 1. The molecule has 0 spiro atoms. The highest BCUT2D eigenvalue weighted by molar-refractivity contribution is 5.66. The van der Waals surface area contributed by atoms with Gasteiger partial charge in [-0.2, -0.15) is 9.78 Å². The van der Waals surface area contributed by atoms with Crippen molar-refractivity contribution < 1.29 is 19.7 Å². The van der Waals surface area contributed by atoms with E-state index in [1.165, 1.54) is 0 Å². The molecule has 1 aliphatic rings. The Balaban J connectivity index is 2.05. The van der Waals surface area contributed by atoms with Crippen LogP contribution in [-0.2, 0) is 14.6 Å². The summed E-state index contributed by atoms with van der Waals surface area (Å²) in [6.45, 7) is 0. The molecule has 10 heavy (non-hydrogen) atoms. The van der Waals surface area contributed by atoms with E-state index in [9.17, 15) is 4.79 Å². The highest BCUT2D eigenvalue weighted by Crippen LogP contribution is 2.17. The molecule has 1 rings (SSSR count). The van der Waals surface area contributed by atoms with Crippen LogP contribution in [0.1, 0.15) is 12.8 Å². The Hall–Kier alpha value is -0.650. The summed E-state index contributed by atoms with van der Waals surface area (Å²) in [4.78, 5) is 18.8. The van der Waals surface area contributed by atoms with Crippen LogP contribution in [0, 0.1) is 0 Å². The average Bonchev–Trinajstić information content (AvgIpc) is 2.63. The first kappa shape index (κ1) is 7.46. The van der Waals surface area contributed by atoms with Gasteiger partial charge in [-0.15, -0.1) is 0 Å². The molecule has 3 N–H and O–H groups in total. The number of rotatable bonds is 4. The van der Waals surface area contributed by atoms with Crippen molar-refractivity contribution in [1.29, 1.82) is 0 Å². The maximum atomic E-state index is 10.0. The van der Waals surface area contributed by atoms with Crippen LogP contribution in [0.4, 0.5) is 0 Å². The molecule has 1 aliphatic heterocycles. The van der Waals surface area contributed by atoms with Gasteiger partial charge < -0.3 is 10.8 Å². The Labute approximate surface area is 57.6 Å². The average molecular weight is 147 g/mol. The van der Waals surface area contributed by atoms with Crippen molar-refractivity contribution in [3.8, 4) is 0 Å². The van der Waals surface area contributed by atoms with Crippen LogP contribution < -0.4 is 5.73 Å². The van der Waals surface area contributed by atoms with Crippen LogP contribution >= 0.6 is 0 Å². The number of nitrogens with two attached hydrogens (primary N) is 1. The molecule has 1 saturated heterocycles. The first-order chi connectivity index (χ1) is 4.70. The van der Waals surface area contributed by atoms with Crippen molar-refractivity contribution in [3.05, 3.63) is 0 Å². The molecule has 0 amide bonds. The topological polar surface area (TPSA) is 88.4 Å². The molecule has 0 aliphatic carbocycles. The SMILES string of the molecule is N[C@@H](CCC(=O)O)C1OO1. The Bertz CT molecular complexity index is 134. The van der Waals surface area contributed by atoms with E-state index in [0.717, 1.165) is 0 Å². The van der Waals surface area contributed by atoms with Crippen molar-refractivity contribution in [3.63, 3.8) is 0 Å². The Morgan fingerprint density at radius 3 is 2.70 bits per heavy atom. The molecule has 5 nitrogen and oxygen atoms in total. The first-order valence-electron chi connectivity index (χ1n) is 2.99. The lowest BCUT2D eigenvalue weighted by atomic mass is 10.2. The molecule has 5 heteroatoms. The van der Waals surface area contributed by atoms with Crippen LogP contribution in [0.15, 0.2) is 0 Å². The van der Waals surface area contributed by atoms with Crippen molar-refractivity contribution in [2.45, 2.75) is 25.2 Å². The fraction of sp³-hybridized carbons (Fsp3) is 0.800. The van der Waals surface area contributed by atoms with E-state index < -0.39 is 5.97 Å². The molecule has 1 heterocycles. The third kappa shape index (κ3) is 2.30. The molecule has 1 atom stereocenters. The van der Waals surface area contributed by atoms with Gasteiger partial charge in [-0.1, -0.05) is 0 Å². The number of aliphatic carboxylic acids is 1. The standard InChI is InChI=1S/C5H9NO4/c6-3(5-9-10-5)1-2-4(7)8/h3,5H,1-2,6H2,(H,7,8)/t3-/m0/s1. The zero-order valence-corrected chi connectivity index (χ0v) is 5.32. The fourth-order valence-corrected chi connectivity index (χ4v) is 0.601. The molecule has 0 radical (unpaired) electrons. The predicted octanol–water partition coefficient (Wildman–Crippen LogP) is -0.534. The summed E-state index contributed by atoms with van der Waals surface area (Å²) in [6.07, 6.45) is 0.0732. The number of carbonyl (C=O) groups is 1. The van der Waals surface area contributed by atoms with Gasteiger partial charge in [-0.05, 0) is 6.42 Å². The summed E-state index contributed by atoms with van der Waals surface area (Å²) in [6, 6.07) is -0.309. The smallest absolute Gasteiger partial charge is 0.303 e. The Kier molecular flexibility index (Phi) is 2.21. The second-order valence-electron chi connectivity index (χ2n) is 2.16. The van der Waals surface area contributed by atoms with E-state index >= 15 is 0 Å². The Morgan fingerprint density at radius 1 is 1.70 bits per heavy atom. The summed E-state index contributed by atoms with van der Waals surface area (Å²) >= 11 is 0. The molecule has 1 fully saturated rings. The molecular weight excluding hydrogens is 138 g/mol. The van der Waals surface area contributed by atoms with E-state index in [0.29, 0.717) is 6.42 Å². The van der Waals surface area contributed by atoms with Crippen molar-refractivity contribution in [2.75, 3.05) is 0 Å². The van der Waals surface area contributed by atoms with Crippen LogP contribution in [0.2, 0.25) is 0 Å². The van der Waals surface area contributed by atoms with E-state index in [1.807, 2.05) is 0 Å². The lowest BCUT2D eigenvalue weighted by Crippen LogP contribution is -2.26. The van der Waals surface area contributed by atoms with Gasteiger partial charge in [0.15, 0.2) is 0 Å². The third-order valence-corrected chi connectivity index (χ3v) is 1.25. The maximum absolute atomic E-state index is 10.0. The lowest BCUT2D eigenvalue weighted by molar-refractivity contribution is -0.137. The van der Waals surface area contributed by atoms with Crippen LogP contribution in [-0.4, -0.2) is 23.4 Å². The quantitative estimate of drug-likeness (QED) is 0.412. The van der Waals surface area contributed by atoms with E-state index in [1.54, 1.807) is 0 Å². The van der Waals surface area contributed by atoms with Gasteiger partial charge in [-0.3, -0.25) is 4.79 Å². The summed E-state index contributed by atoms with van der Waals surface area (Å²) in [5.74, 6) is -0.851. The van der Waals surface area contributed by atoms with Gasteiger partial charge in [0.05, 0.1) is 6.04 Å². The molecular formula is C5H9NO4. The summed E-state index contributed by atoms with van der Waals surface area (Å²) in [7, 11) is 0. The highest BCUT2D eigenvalue weighted by Gasteiger charge is 2.33.